The van der Waals surface area contributed by atoms with Crippen LogP contribution in [0.15, 0.2) is 47.3 Å². The molecule has 162 valence electrons. The summed E-state index contributed by atoms with van der Waals surface area (Å²) in [6.45, 7) is 9.13. The highest BCUT2D eigenvalue weighted by atomic mass is 35.5. The Bertz CT molecular complexity index is 1100. The summed E-state index contributed by atoms with van der Waals surface area (Å²) in [6.07, 6.45) is 2.83. The van der Waals surface area contributed by atoms with Crippen LogP contribution in [0.3, 0.4) is 0 Å². The molecular weight excluding hydrogens is 420 g/mol. The quantitative estimate of drug-likeness (QED) is 0.735. The maximum atomic E-state index is 12.2. The summed E-state index contributed by atoms with van der Waals surface area (Å²) >= 11 is 5.92. The van der Waals surface area contributed by atoms with Crippen LogP contribution in [-0.2, 0) is 15.4 Å². The fourth-order valence-electron chi connectivity index (χ4n) is 3.67. The number of benzene rings is 1. The molecule has 30 heavy (non-hydrogen) atoms. The van der Waals surface area contributed by atoms with Gasteiger partial charge in [-0.1, -0.05) is 62.7 Å². The zero-order valence-corrected chi connectivity index (χ0v) is 19.5. The zero-order valence-electron chi connectivity index (χ0n) is 17.9. The van der Waals surface area contributed by atoms with Crippen molar-refractivity contribution in [1.82, 2.24) is 9.29 Å². The molecule has 1 saturated heterocycles. The molecule has 0 aliphatic carbocycles. The van der Waals surface area contributed by atoms with Crippen molar-refractivity contribution < 1.29 is 8.42 Å². The number of aromatic amines is 1. The Morgan fingerprint density at radius 3 is 2.43 bits per heavy atom. The van der Waals surface area contributed by atoms with Crippen molar-refractivity contribution in [2.75, 3.05) is 18.8 Å². The van der Waals surface area contributed by atoms with E-state index in [9.17, 15) is 13.2 Å². The topological polar surface area (TPSA) is 70.2 Å². The molecule has 0 spiro atoms. The van der Waals surface area contributed by atoms with Gasteiger partial charge in [0.05, 0.1) is 5.75 Å². The van der Waals surface area contributed by atoms with E-state index in [-0.39, 0.29) is 27.7 Å². The Morgan fingerprint density at radius 2 is 1.87 bits per heavy atom. The van der Waals surface area contributed by atoms with Crippen LogP contribution in [-0.4, -0.2) is 36.5 Å². The highest BCUT2D eigenvalue weighted by Gasteiger charge is 2.29. The Labute approximate surface area is 183 Å². The molecule has 0 unspecified atom stereocenters. The van der Waals surface area contributed by atoms with Crippen molar-refractivity contribution >= 4 is 27.2 Å². The van der Waals surface area contributed by atoms with Crippen LogP contribution in [0.25, 0.3) is 5.57 Å². The molecular formula is C23H29ClN2O3S. The van der Waals surface area contributed by atoms with E-state index >= 15 is 0 Å². The molecule has 1 fully saturated rings. The van der Waals surface area contributed by atoms with E-state index < -0.39 is 10.0 Å². The Balaban J connectivity index is 2.01. The lowest BCUT2D eigenvalue weighted by Crippen LogP contribution is -2.30. The smallest absolute Gasteiger partial charge is 0.267 e. The first-order valence-corrected chi connectivity index (χ1v) is 12.2. The average Bonchev–Trinajstić information content (AvgIpc) is 3.17. The van der Waals surface area contributed by atoms with Gasteiger partial charge in [0.15, 0.2) is 0 Å². The summed E-state index contributed by atoms with van der Waals surface area (Å²) in [5, 5.41) is 0.141. The van der Waals surface area contributed by atoms with Crippen molar-refractivity contribution in [3.05, 3.63) is 74.7 Å². The molecule has 1 aromatic carbocycles. The van der Waals surface area contributed by atoms with Gasteiger partial charge >= 0.3 is 0 Å². The number of hydrogen-bond donors (Lipinski definition) is 1. The lowest BCUT2D eigenvalue weighted by molar-refractivity contribution is 0.471. The number of pyridine rings is 1. The molecule has 0 radical (unpaired) electrons. The Kier molecular flexibility index (Phi) is 6.60. The lowest BCUT2D eigenvalue weighted by atomic mass is 9.85. The van der Waals surface area contributed by atoms with Gasteiger partial charge in [-0.25, -0.2) is 12.7 Å². The summed E-state index contributed by atoms with van der Waals surface area (Å²) in [6, 6.07) is 11.7. The van der Waals surface area contributed by atoms with Crippen molar-refractivity contribution in [3.8, 4) is 0 Å². The second-order valence-corrected chi connectivity index (χ2v) is 11.4. The number of aromatic nitrogens is 1. The van der Waals surface area contributed by atoms with E-state index in [1.54, 1.807) is 23.4 Å². The number of hydrogen-bond acceptors (Lipinski definition) is 3. The highest BCUT2D eigenvalue weighted by Crippen LogP contribution is 2.30. The maximum absolute atomic E-state index is 12.2. The number of halogens is 1. The maximum Gasteiger partial charge on any atom is 0.267 e. The molecule has 5 nitrogen and oxygen atoms in total. The van der Waals surface area contributed by atoms with Crippen molar-refractivity contribution in [3.63, 3.8) is 0 Å². The monoisotopic (exact) mass is 448 g/mol. The van der Waals surface area contributed by atoms with E-state index in [2.05, 4.69) is 56.1 Å². The average molecular weight is 449 g/mol. The minimum atomic E-state index is -3.20. The first-order chi connectivity index (χ1) is 14.0. The van der Waals surface area contributed by atoms with Crippen LogP contribution in [0, 0.1) is 5.92 Å². The SMILES string of the molecule is CCS(=O)(=O)N1CC[C@H](/C=C(/c2ccc(C(C)(C)C)cc2)c2ccc(Cl)c(=O)[nH]2)C1. The molecule has 0 amide bonds. The van der Waals surface area contributed by atoms with E-state index in [1.165, 1.54) is 5.56 Å². The Hall–Kier alpha value is -1.89. The lowest BCUT2D eigenvalue weighted by Gasteiger charge is -2.20. The molecule has 3 rings (SSSR count). The predicted molar refractivity (Wildman–Crippen MR) is 123 cm³/mol. The predicted octanol–water partition coefficient (Wildman–Crippen LogP) is 4.43. The molecule has 0 saturated carbocycles. The second kappa shape index (κ2) is 8.69. The van der Waals surface area contributed by atoms with E-state index in [4.69, 9.17) is 11.6 Å². The molecule has 2 aromatic rings. The van der Waals surface area contributed by atoms with Gasteiger partial charge in [0.1, 0.15) is 5.02 Å². The molecule has 1 atom stereocenters. The van der Waals surface area contributed by atoms with E-state index in [0.29, 0.717) is 18.8 Å². The third kappa shape index (κ3) is 5.05. The summed E-state index contributed by atoms with van der Waals surface area (Å²) in [5.41, 5.74) is 3.44. The fraction of sp³-hybridized carbons (Fsp3) is 0.435. The standard InChI is InChI=1S/C23H29ClN2O3S/c1-5-30(28,29)26-13-12-16(15-26)14-19(21-11-10-20(24)22(27)25-21)17-6-8-18(9-7-17)23(2,3)4/h6-11,14,16H,5,12-13,15H2,1-4H3,(H,25,27)/b19-14-/t16-/m1/s1. The van der Waals surface area contributed by atoms with Gasteiger partial charge in [0.2, 0.25) is 10.0 Å². The number of nitrogens with zero attached hydrogens (tertiary/aromatic N) is 1. The van der Waals surface area contributed by atoms with Crippen LogP contribution < -0.4 is 5.56 Å². The van der Waals surface area contributed by atoms with Crippen LogP contribution >= 0.6 is 11.6 Å². The van der Waals surface area contributed by atoms with E-state index in [0.717, 1.165) is 17.6 Å². The van der Waals surface area contributed by atoms with Crippen molar-refractivity contribution in [2.24, 2.45) is 5.92 Å². The molecule has 1 N–H and O–H groups in total. The molecule has 1 aromatic heterocycles. The van der Waals surface area contributed by atoms with Gasteiger partial charge in [0, 0.05) is 24.4 Å². The van der Waals surface area contributed by atoms with Crippen molar-refractivity contribution in [2.45, 2.75) is 39.5 Å². The first kappa shape index (κ1) is 22.8. The normalized spacial score (nSPS) is 18.7. The van der Waals surface area contributed by atoms with Gasteiger partial charge in [0.25, 0.3) is 5.56 Å². The Morgan fingerprint density at radius 1 is 1.20 bits per heavy atom. The van der Waals surface area contributed by atoms with Crippen molar-refractivity contribution in [1.29, 1.82) is 0 Å². The molecule has 1 aliphatic rings. The third-order valence-corrected chi connectivity index (χ3v) is 7.71. The summed E-state index contributed by atoms with van der Waals surface area (Å²) in [4.78, 5) is 15.0. The first-order valence-electron chi connectivity index (χ1n) is 10.2. The largest absolute Gasteiger partial charge is 0.321 e. The fourth-order valence-corrected chi connectivity index (χ4v) is 4.94. The summed E-state index contributed by atoms with van der Waals surface area (Å²) in [5.74, 6) is 0.178. The zero-order chi connectivity index (χ0) is 22.1. The minimum absolute atomic E-state index is 0.0391. The molecule has 7 heteroatoms. The summed E-state index contributed by atoms with van der Waals surface area (Å²) in [7, 11) is -3.20. The van der Waals surface area contributed by atoms with Gasteiger partial charge in [-0.2, -0.15) is 0 Å². The van der Waals surface area contributed by atoms with Gasteiger partial charge in [-0.05, 0) is 47.9 Å². The highest BCUT2D eigenvalue weighted by molar-refractivity contribution is 7.89. The van der Waals surface area contributed by atoms with Crippen LogP contribution in [0.5, 0.6) is 0 Å². The number of rotatable bonds is 5. The van der Waals surface area contributed by atoms with Crippen LogP contribution in [0.2, 0.25) is 5.02 Å². The van der Waals surface area contributed by atoms with Crippen LogP contribution in [0.1, 0.15) is 50.9 Å². The number of nitrogens with one attached hydrogen (secondary N) is 1. The van der Waals surface area contributed by atoms with Gasteiger partial charge in [-0.3, -0.25) is 4.79 Å². The third-order valence-electron chi connectivity index (χ3n) is 5.56. The second-order valence-electron chi connectivity index (χ2n) is 8.76. The molecule has 0 bridgehead atoms. The van der Waals surface area contributed by atoms with Gasteiger partial charge < -0.3 is 4.98 Å². The summed E-state index contributed by atoms with van der Waals surface area (Å²) < 4.78 is 26.0. The number of H-pyrrole nitrogens is 1. The number of sulfonamides is 1. The van der Waals surface area contributed by atoms with Crippen LogP contribution in [0.4, 0.5) is 0 Å². The minimum Gasteiger partial charge on any atom is -0.321 e. The molecule has 1 aliphatic heterocycles. The van der Waals surface area contributed by atoms with Gasteiger partial charge in [-0.15, -0.1) is 0 Å². The van der Waals surface area contributed by atoms with E-state index in [1.807, 2.05) is 0 Å². The molecule has 2 heterocycles.